The number of cyclic esters (lactones) is 1. The Kier molecular flexibility index (Phi) is 3.31. The van der Waals surface area contributed by atoms with Crippen LogP contribution in [0.15, 0.2) is 11.8 Å². The first-order chi connectivity index (χ1) is 6.17. The van der Waals surface area contributed by atoms with E-state index in [0.29, 0.717) is 18.6 Å². The number of hydrogen-bond acceptors (Lipinski definition) is 4. The summed E-state index contributed by atoms with van der Waals surface area (Å²) < 4.78 is 9.86. The lowest BCUT2D eigenvalue weighted by molar-refractivity contribution is -0.140. The van der Waals surface area contributed by atoms with Crippen LogP contribution in [0.5, 0.6) is 0 Å². The highest BCUT2D eigenvalue weighted by atomic mass is 16.6. The first-order valence-corrected chi connectivity index (χ1v) is 4.31. The normalized spacial score (nSPS) is 23.8. The fourth-order valence-electron chi connectivity index (χ4n) is 1.21. The van der Waals surface area contributed by atoms with E-state index >= 15 is 0 Å². The van der Waals surface area contributed by atoms with Crippen LogP contribution in [-0.2, 0) is 14.3 Å². The molecule has 1 aliphatic heterocycles. The standard InChI is InChI=1S/C9H14O4/c1-3-6(10)4-8-7(12-2)5-9(11)13-8/h5-6,8,10H,3-4H2,1-2H3/t6-,8?/m1/s1. The van der Waals surface area contributed by atoms with Crippen LogP contribution >= 0.6 is 0 Å². The van der Waals surface area contributed by atoms with Gasteiger partial charge < -0.3 is 14.6 Å². The van der Waals surface area contributed by atoms with Gasteiger partial charge >= 0.3 is 5.97 Å². The lowest BCUT2D eigenvalue weighted by Gasteiger charge is -2.15. The van der Waals surface area contributed by atoms with Gasteiger partial charge in [-0.25, -0.2) is 4.79 Å². The van der Waals surface area contributed by atoms with Crippen molar-refractivity contribution in [1.82, 2.24) is 0 Å². The zero-order valence-corrected chi connectivity index (χ0v) is 7.82. The molecular formula is C9H14O4. The monoisotopic (exact) mass is 186 g/mol. The Bertz CT molecular complexity index is 222. The van der Waals surface area contributed by atoms with Crippen molar-refractivity contribution in [2.24, 2.45) is 0 Å². The minimum atomic E-state index is -0.450. The van der Waals surface area contributed by atoms with E-state index in [9.17, 15) is 9.90 Å². The molecule has 1 aliphatic rings. The molecule has 1 unspecified atom stereocenters. The zero-order valence-electron chi connectivity index (χ0n) is 7.82. The number of esters is 1. The van der Waals surface area contributed by atoms with Gasteiger partial charge in [0.2, 0.25) is 0 Å². The van der Waals surface area contributed by atoms with Crippen molar-refractivity contribution in [3.8, 4) is 0 Å². The fraction of sp³-hybridized carbons (Fsp3) is 0.667. The summed E-state index contributed by atoms with van der Waals surface area (Å²) in [6.07, 6.45) is 1.50. The van der Waals surface area contributed by atoms with Crippen LogP contribution in [0.1, 0.15) is 19.8 Å². The second-order valence-corrected chi connectivity index (χ2v) is 2.97. The van der Waals surface area contributed by atoms with E-state index in [-0.39, 0.29) is 0 Å². The number of hydrogen-bond donors (Lipinski definition) is 1. The molecule has 4 nitrogen and oxygen atoms in total. The van der Waals surface area contributed by atoms with E-state index in [4.69, 9.17) is 9.47 Å². The molecule has 13 heavy (non-hydrogen) atoms. The van der Waals surface area contributed by atoms with Gasteiger partial charge in [0.15, 0.2) is 6.10 Å². The van der Waals surface area contributed by atoms with Crippen LogP contribution in [0.3, 0.4) is 0 Å². The molecule has 1 rings (SSSR count). The van der Waals surface area contributed by atoms with Gasteiger partial charge in [-0.3, -0.25) is 0 Å². The maximum atomic E-state index is 10.8. The predicted molar refractivity (Wildman–Crippen MR) is 45.9 cm³/mol. The molecule has 0 saturated carbocycles. The quantitative estimate of drug-likeness (QED) is 0.653. The Labute approximate surface area is 77.1 Å². The average molecular weight is 186 g/mol. The van der Waals surface area contributed by atoms with E-state index in [1.165, 1.54) is 13.2 Å². The van der Waals surface area contributed by atoms with Gasteiger partial charge in [-0.05, 0) is 6.42 Å². The van der Waals surface area contributed by atoms with Crippen LogP contribution in [0.2, 0.25) is 0 Å². The average Bonchev–Trinajstić information content (AvgIpc) is 2.46. The molecule has 1 heterocycles. The lowest BCUT2D eigenvalue weighted by atomic mass is 10.1. The minimum absolute atomic E-state index is 0.398. The fourth-order valence-corrected chi connectivity index (χ4v) is 1.21. The van der Waals surface area contributed by atoms with Gasteiger partial charge in [0, 0.05) is 6.42 Å². The Morgan fingerprint density at radius 3 is 3.00 bits per heavy atom. The third-order valence-electron chi connectivity index (χ3n) is 2.03. The van der Waals surface area contributed by atoms with Crippen LogP contribution < -0.4 is 0 Å². The van der Waals surface area contributed by atoms with Crippen molar-refractivity contribution in [1.29, 1.82) is 0 Å². The number of ether oxygens (including phenoxy) is 2. The second kappa shape index (κ2) is 4.28. The highest BCUT2D eigenvalue weighted by molar-refractivity contribution is 5.85. The zero-order chi connectivity index (χ0) is 9.84. The topological polar surface area (TPSA) is 55.8 Å². The summed E-state index contributed by atoms with van der Waals surface area (Å²) in [4.78, 5) is 10.8. The van der Waals surface area contributed by atoms with Gasteiger partial charge in [-0.2, -0.15) is 0 Å². The number of methoxy groups -OCH3 is 1. The van der Waals surface area contributed by atoms with Gasteiger partial charge in [-0.1, -0.05) is 6.92 Å². The second-order valence-electron chi connectivity index (χ2n) is 2.97. The Morgan fingerprint density at radius 1 is 1.77 bits per heavy atom. The predicted octanol–water partition coefficient (Wildman–Crippen LogP) is 0.603. The molecular weight excluding hydrogens is 172 g/mol. The van der Waals surface area contributed by atoms with Crippen LogP contribution in [-0.4, -0.2) is 30.4 Å². The summed E-state index contributed by atoms with van der Waals surface area (Å²) in [5.74, 6) is 0.0997. The first-order valence-electron chi connectivity index (χ1n) is 4.31. The molecule has 0 aromatic carbocycles. The Morgan fingerprint density at radius 2 is 2.46 bits per heavy atom. The molecule has 1 N–H and O–H groups in total. The van der Waals surface area contributed by atoms with Crippen LogP contribution in [0, 0.1) is 0 Å². The Hall–Kier alpha value is -1.03. The van der Waals surface area contributed by atoms with Crippen molar-refractivity contribution in [2.45, 2.75) is 32.0 Å². The molecule has 0 bridgehead atoms. The summed E-state index contributed by atoms with van der Waals surface area (Å²) >= 11 is 0. The molecule has 0 fully saturated rings. The van der Waals surface area contributed by atoms with Gasteiger partial charge in [0.1, 0.15) is 5.76 Å². The highest BCUT2D eigenvalue weighted by Crippen LogP contribution is 2.21. The van der Waals surface area contributed by atoms with Crippen molar-refractivity contribution >= 4 is 5.97 Å². The summed E-state index contributed by atoms with van der Waals surface area (Å²) in [7, 11) is 1.49. The number of rotatable bonds is 4. The molecule has 2 atom stereocenters. The van der Waals surface area contributed by atoms with Gasteiger partial charge in [0.05, 0.1) is 19.3 Å². The van der Waals surface area contributed by atoms with Crippen molar-refractivity contribution in [3.63, 3.8) is 0 Å². The summed E-state index contributed by atoms with van der Waals surface area (Å²) in [5.41, 5.74) is 0. The summed E-state index contributed by atoms with van der Waals surface area (Å²) in [6, 6.07) is 0. The summed E-state index contributed by atoms with van der Waals surface area (Å²) in [6.45, 7) is 1.87. The molecule has 0 radical (unpaired) electrons. The first kappa shape index (κ1) is 10.1. The van der Waals surface area contributed by atoms with Crippen molar-refractivity contribution in [3.05, 3.63) is 11.8 Å². The van der Waals surface area contributed by atoms with Crippen LogP contribution in [0.4, 0.5) is 0 Å². The van der Waals surface area contributed by atoms with Crippen molar-refractivity contribution < 1.29 is 19.4 Å². The van der Waals surface area contributed by atoms with E-state index < -0.39 is 18.2 Å². The van der Waals surface area contributed by atoms with Gasteiger partial charge in [0.25, 0.3) is 0 Å². The van der Waals surface area contributed by atoms with E-state index in [1.54, 1.807) is 0 Å². The maximum absolute atomic E-state index is 10.8. The van der Waals surface area contributed by atoms with Crippen molar-refractivity contribution in [2.75, 3.05) is 7.11 Å². The SMILES string of the molecule is CC[C@@H](O)CC1OC(=O)C=C1OC. The molecule has 74 valence electrons. The van der Waals surface area contributed by atoms with E-state index in [1.807, 2.05) is 6.92 Å². The number of carbonyl (C=O) groups is 1. The summed E-state index contributed by atoms with van der Waals surface area (Å²) in [5, 5.41) is 9.34. The third kappa shape index (κ3) is 2.45. The minimum Gasteiger partial charge on any atom is -0.497 e. The molecule has 4 heteroatoms. The Balaban J connectivity index is 2.52. The number of aliphatic hydroxyl groups is 1. The maximum Gasteiger partial charge on any atom is 0.335 e. The highest BCUT2D eigenvalue weighted by Gasteiger charge is 2.28. The smallest absolute Gasteiger partial charge is 0.335 e. The molecule has 0 aromatic rings. The molecule has 0 aromatic heterocycles. The third-order valence-corrected chi connectivity index (χ3v) is 2.03. The van der Waals surface area contributed by atoms with E-state index in [2.05, 4.69) is 0 Å². The largest absolute Gasteiger partial charge is 0.497 e. The van der Waals surface area contributed by atoms with Crippen LogP contribution in [0.25, 0.3) is 0 Å². The molecule has 0 spiro atoms. The molecule has 0 saturated heterocycles. The molecule has 0 aliphatic carbocycles. The lowest BCUT2D eigenvalue weighted by Crippen LogP contribution is -2.20. The molecule has 0 amide bonds. The number of aliphatic hydroxyl groups excluding tert-OH is 1. The number of carbonyl (C=O) groups excluding carboxylic acids is 1. The van der Waals surface area contributed by atoms with Gasteiger partial charge in [-0.15, -0.1) is 0 Å². The van der Waals surface area contributed by atoms with E-state index in [0.717, 1.165) is 0 Å².